The Morgan fingerprint density at radius 3 is 2.04 bits per heavy atom. The summed E-state index contributed by atoms with van der Waals surface area (Å²) < 4.78 is 43.8. The molecule has 0 amide bonds. The van der Waals surface area contributed by atoms with Gasteiger partial charge in [0.2, 0.25) is 0 Å². The molecule has 1 nitrogen and oxygen atoms in total. The molecular weight excluding hydrogens is 380 g/mol. The maximum absolute atomic E-state index is 12.7. The van der Waals surface area contributed by atoms with Gasteiger partial charge in [0.1, 0.15) is 5.75 Å². The first-order valence-electron chi connectivity index (χ1n) is 6.71. The smallest absolute Gasteiger partial charge is 0.416 e. The molecule has 0 aliphatic carbocycles. The van der Waals surface area contributed by atoms with E-state index in [2.05, 4.69) is 12.6 Å². The van der Waals surface area contributed by atoms with Crippen molar-refractivity contribution in [2.75, 3.05) is 0 Å². The summed E-state index contributed by atoms with van der Waals surface area (Å²) in [5, 5.41) is 1.44. The average molecular weight is 389 g/mol. The minimum absolute atomic E-state index is 0.0171. The summed E-state index contributed by atoms with van der Waals surface area (Å²) in [6.07, 6.45) is -4.53. The Labute approximate surface area is 151 Å². The highest BCUT2D eigenvalue weighted by molar-refractivity contribution is 7.80. The lowest BCUT2D eigenvalue weighted by Crippen LogP contribution is -2.05. The maximum atomic E-state index is 12.7. The molecule has 0 aliphatic heterocycles. The van der Waals surface area contributed by atoms with E-state index in [9.17, 15) is 13.2 Å². The highest BCUT2D eigenvalue weighted by Crippen LogP contribution is 2.42. The topological polar surface area (TPSA) is 9.23 Å². The minimum atomic E-state index is -4.53. The first-order valence-corrected chi connectivity index (χ1v) is 7.91. The number of benzene rings is 3. The highest BCUT2D eigenvalue weighted by atomic mass is 35.5. The average Bonchev–Trinajstić information content (AvgIpc) is 2.49. The quantitative estimate of drug-likeness (QED) is 0.455. The van der Waals surface area contributed by atoms with Crippen molar-refractivity contribution in [2.24, 2.45) is 0 Å². The second-order valence-electron chi connectivity index (χ2n) is 5.06. The molecule has 3 aromatic carbocycles. The van der Waals surface area contributed by atoms with Crippen molar-refractivity contribution in [3.63, 3.8) is 0 Å². The lowest BCUT2D eigenvalue weighted by Gasteiger charge is -2.13. The molecule has 0 atom stereocenters. The highest BCUT2D eigenvalue weighted by Gasteiger charge is 2.32. The molecule has 0 radical (unpaired) electrons. The second kappa shape index (κ2) is 6.39. The third-order valence-corrected chi connectivity index (χ3v) is 4.18. The van der Waals surface area contributed by atoms with E-state index in [4.69, 9.17) is 27.9 Å². The van der Waals surface area contributed by atoms with E-state index in [1.165, 1.54) is 0 Å². The largest absolute Gasteiger partial charge is 0.454 e. The molecule has 0 saturated carbocycles. The van der Waals surface area contributed by atoms with Crippen LogP contribution in [-0.4, -0.2) is 0 Å². The second-order valence-corrected chi connectivity index (χ2v) is 6.39. The minimum Gasteiger partial charge on any atom is -0.454 e. The van der Waals surface area contributed by atoms with Crippen LogP contribution >= 0.6 is 35.8 Å². The number of rotatable bonds is 2. The van der Waals surface area contributed by atoms with Crippen LogP contribution in [-0.2, 0) is 6.18 Å². The van der Waals surface area contributed by atoms with Crippen LogP contribution < -0.4 is 4.74 Å². The van der Waals surface area contributed by atoms with Gasteiger partial charge in [-0.2, -0.15) is 13.2 Å². The van der Waals surface area contributed by atoms with Gasteiger partial charge in [-0.25, -0.2) is 0 Å². The van der Waals surface area contributed by atoms with Crippen LogP contribution in [0.1, 0.15) is 5.56 Å². The Hall–Kier alpha value is -1.56. The van der Waals surface area contributed by atoms with Crippen LogP contribution in [0.4, 0.5) is 13.2 Å². The summed E-state index contributed by atoms with van der Waals surface area (Å²) in [7, 11) is 0. The van der Waals surface area contributed by atoms with Gasteiger partial charge in [-0.1, -0.05) is 35.3 Å². The summed E-state index contributed by atoms with van der Waals surface area (Å²) in [4.78, 5) is 0.824. The Kier molecular flexibility index (Phi) is 4.60. The van der Waals surface area contributed by atoms with E-state index in [1.54, 1.807) is 12.1 Å². The van der Waals surface area contributed by atoms with Crippen molar-refractivity contribution >= 4 is 46.6 Å². The Morgan fingerprint density at radius 1 is 0.833 bits per heavy atom. The maximum Gasteiger partial charge on any atom is 0.416 e. The summed E-state index contributed by atoms with van der Waals surface area (Å²) in [5.74, 6) is 0.398. The van der Waals surface area contributed by atoms with Crippen LogP contribution in [0.15, 0.2) is 53.4 Å². The molecule has 0 heterocycles. The van der Waals surface area contributed by atoms with Gasteiger partial charge in [-0.3, -0.25) is 0 Å². The number of thiol groups is 1. The van der Waals surface area contributed by atoms with Crippen LogP contribution in [0.5, 0.6) is 11.5 Å². The zero-order valence-corrected chi connectivity index (χ0v) is 14.3. The van der Waals surface area contributed by atoms with Crippen LogP contribution in [0.25, 0.3) is 10.8 Å². The Bertz CT molecular complexity index is 902. The normalized spacial score (nSPS) is 11.8. The third kappa shape index (κ3) is 3.58. The molecule has 0 aromatic heterocycles. The number of hydrogen-bond donors (Lipinski definition) is 1. The van der Waals surface area contributed by atoms with E-state index in [-0.39, 0.29) is 15.8 Å². The van der Waals surface area contributed by atoms with Gasteiger partial charge < -0.3 is 4.74 Å². The summed E-state index contributed by atoms with van der Waals surface area (Å²) in [5.41, 5.74) is -0.926. The van der Waals surface area contributed by atoms with Crippen LogP contribution in [0.3, 0.4) is 0 Å². The van der Waals surface area contributed by atoms with Crippen molar-refractivity contribution < 1.29 is 17.9 Å². The fourth-order valence-corrected chi connectivity index (χ4v) is 2.99. The van der Waals surface area contributed by atoms with Crippen molar-refractivity contribution in [3.8, 4) is 11.5 Å². The first-order chi connectivity index (χ1) is 11.2. The Balaban J connectivity index is 1.98. The van der Waals surface area contributed by atoms with E-state index in [0.29, 0.717) is 5.75 Å². The van der Waals surface area contributed by atoms with E-state index < -0.39 is 11.7 Å². The van der Waals surface area contributed by atoms with Gasteiger partial charge in [-0.15, -0.1) is 12.6 Å². The standard InChI is InChI=1S/C17H9Cl2F3OS/c18-14-7-11(17(20,21)22)8-15(19)16(14)23-12-3-1-10-6-13(24)4-2-9(10)5-12/h1-8,24H. The molecular formula is C17H9Cl2F3OS. The number of ether oxygens (including phenoxy) is 1. The summed E-state index contributed by atoms with van der Waals surface area (Å²) >= 11 is 16.1. The number of hydrogen-bond acceptors (Lipinski definition) is 2. The van der Waals surface area contributed by atoms with Crippen LogP contribution in [0, 0.1) is 0 Å². The van der Waals surface area contributed by atoms with E-state index >= 15 is 0 Å². The first kappa shape index (κ1) is 17.3. The lowest BCUT2D eigenvalue weighted by molar-refractivity contribution is -0.137. The summed E-state index contributed by atoms with van der Waals surface area (Å²) in [6.45, 7) is 0. The van der Waals surface area contributed by atoms with Gasteiger partial charge in [-0.05, 0) is 47.2 Å². The molecule has 24 heavy (non-hydrogen) atoms. The molecule has 0 N–H and O–H groups in total. The predicted molar refractivity (Wildman–Crippen MR) is 92.7 cm³/mol. The number of alkyl halides is 3. The zero-order chi connectivity index (χ0) is 17.5. The fraction of sp³-hybridized carbons (Fsp3) is 0.0588. The number of fused-ring (bicyclic) bond motifs is 1. The monoisotopic (exact) mass is 388 g/mol. The molecule has 7 heteroatoms. The van der Waals surface area contributed by atoms with Crippen molar-refractivity contribution in [1.82, 2.24) is 0 Å². The molecule has 0 spiro atoms. The van der Waals surface area contributed by atoms with Crippen LogP contribution in [0.2, 0.25) is 10.0 Å². The number of halogens is 5. The van der Waals surface area contributed by atoms with Gasteiger partial charge in [0.25, 0.3) is 0 Å². The fourth-order valence-electron chi connectivity index (χ4n) is 2.21. The summed E-state index contributed by atoms with van der Waals surface area (Å²) in [6, 6.07) is 12.4. The van der Waals surface area contributed by atoms with E-state index in [0.717, 1.165) is 27.8 Å². The molecule has 3 rings (SSSR count). The van der Waals surface area contributed by atoms with E-state index in [1.807, 2.05) is 24.3 Å². The molecule has 124 valence electrons. The molecule has 0 saturated heterocycles. The zero-order valence-electron chi connectivity index (χ0n) is 11.9. The lowest BCUT2D eigenvalue weighted by atomic mass is 10.1. The van der Waals surface area contributed by atoms with Gasteiger partial charge in [0, 0.05) is 4.90 Å². The SMILES string of the molecule is FC(F)(F)c1cc(Cl)c(Oc2ccc3cc(S)ccc3c2)c(Cl)c1. The van der Waals surface area contributed by atoms with Crippen molar-refractivity contribution in [2.45, 2.75) is 11.1 Å². The Morgan fingerprint density at radius 2 is 1.42 bits per heavy atom. The van der Waals surface area contributed by atoms with Gasteiger partial charge in [0.15, 0.2) is 5.75 Å². The molecule has 0 fully saturated rings. The predicted octanol–water partition coefficient (Wildman–Crippen LogP) is 7.25. The van der Waals surface area contributed by atoms with Gasteiger partial charge >= 0.3 is 6.18 Å². The molecule has 0 unspecified atom stereocenters. The van der Waals surface area contributed by atoms with Crippen molar-refractivity contribution in [3.05, 3.63) is 64.1 Å². The van der Waals surface area contributed by atoms with Gasteiger partial charge in [0.05, 0.1) is 15.6 Å². The molecule has 0 bridgehead atoms. The third-order valence-electron chi connectivity index (χ3n) is 3.34. The van der Waals surface area contributed by atoms with Crippen molar-refractivity contribution in [1.29, 1.82) is 0 Å². The molecule has 3 aromatic rings. The molecule has 0 aliphatic rings.